The van der Waals surface area contributed by atoms with Crippen LogP contribution in [-0.4, -0.2) is 10.7 Å². The molecule has 0 amide bonds. The van der Waals surface area contributed by atoms with Gasteiger partial charge in [0.1, 0.15) is 5.60 Å². The Labute approximate surface area is 62.4 Å². The average Bonchev–Trinajstić information content (AvgIpc) is 2.09. The molecule has 0 aromatic rings. The summed E-state index contributed by atoms with van der Waals surface area (Å²) >= 11 is 0. The lowest BCUT2D eigenvalue weighted by Gasteiger charge is -2.19. The first-order valence-electron chi connectivity index (χ1n) is 3.78. The minimum atomic E-state index is -0.806. The van der Waals surface area contributed by atoms with E-state index in [1.165, 1.54) is 0 Å². The van der Waals surface area contributed by atoms with Crippen LogP contribution in [0, 0.1) is 24.2 Å². The van der Waals surface area contributed by atoms with Crippen molar-refractivity contribution in [2.24, 2.45) is 11.8 Å². The van der Waals surface area contributed by atoms with Gasteiger partial charge in [0.2, 0.25) is 0 Å². The monoisotopic (exact) mass is 138 g/mol. The van der Waals surface area contributed by atoms with E-state index in [0.29, 0.717) is 5.92 Å². The summed E-state index contributed by atoms with van der Waals surface area (Å²) in [5.74, 6) is 3.33. The van der Waals surface area contributed by atoms with Gasteiger partial charge < -0.3 is 5.11 Å². The minimum absolute atomic E-state index is 0.271. The summed E-state index contributed by atoms with van der Waals surface area (Å²) < 4.78 is 0. The van der Waals surface area contributed by atoms with E-state index in [4.69, 9.17) is 6.42 Å². The van der Waals surface area contributed by atoms with Crippen molar-refractivity contribution >= 4 is 0 Å². The zero-order valence-corrected chi connectivity index (χ0v) is 6.59. The summed E-state index contributed by atoms with van der Waals surface area (Å²) in [4.78, 5) is 0. The molecule has 3 atom stereocenters. The molecular formula is C9H14O. The van der Waals surface area contributed by atoms with Crippen LogP contribution in [0.3, 0.4) is 0 Å². The van der Waals surface area contributed by atoms with E-state index in [1.807, 2.05) is 6.92 Å². The maximum atomic E-state index is 9.70. The highest BCUT2D eigenvalue weighted by Gasteiger charge is 2.40. The standard InChI is InChI=1S/C9H14O/c1-4-9(10)6-7(2)5-8(9)3/h1,7-8,10H,5-6H2,2-3H3. The Morgan fingerprint density at radius 2 is 2.20 bits per heavy atom. The molecule has 1 nitrogen and oxygen atoms in total. The molecule has 1 fully saturated rings. The lowest BCUT2D eigenvalue weighted by Crippen LogP contribution is -2.28. The minimum Gasteiger partial charge on any atom is -0.377 e. The molecule has 1 heteroatoms. The van der Waals surface area contributed by atoms with Gasteiger partial charge in [0.25, 0.3) is 0 Å². The molecule has 0 heterocycles. The summed E-state index contributed by atoms with van der Waals surface area (Å²) in [7, 11) is 0. The Bertz CT molecular complexity index is 168. The van der Waals surface area contributed by atoms with Crippen LogP contribution in [0.4, 0.5) is 0 Å². The van der Waals surface area contributed by atoms with Gasteiger partial charge in [-0.3, -0.25) is 0 Å². The Morgan fingerprint density at radius 3 is 2.40 bits per heavy atom. The molecule has 0 spiro atoms. The highest BCUT2D eigenvalue weighted by atomic mass is 16.3. The Hall–Kier alpha value is -0.480. The summed E-state index contributed by atoms with van der Waals surface area (Å²) in [6.45, 7) is 4.15. The van der Waals surface area contributed by atoms with Crippen LogP contribution in [-0.2, 0) is 0 Å². The predicted molar refractivity (Wildman–Crippen MR) is 41.3 cm³/mol. The van der Waals surface area contributed by atoms with Gasteiger partial charge in [-0.25, -0.2) is 0 Å². The smallest absolute Gasteiger partial charge is 0.128 e. The van der Waals surface area contributed by atoms with E-state index in [9.17, 15) is 5.11 Å². The summed E-state index contributed by atoms with van der Waals surface area (Å²) in [6.07, 6.45) is 7.05. The van der Waals surface area contributed by atoms with Gasteiger partial charge in [0.15, 0.2) is 0 Å². The van der Waals surface area contributed by atoms with Crippen molar-refractivity contribution in [1.29, 1.82) is 0 Å². The molecule has 0 aromatic heterocycles. The van der Waals surface area contributed by atoms with Gasteiger partial charge in [-0.15, -0.1) is 6.42 Å². The number of terminal acetylenes is 1. The molecule has 0 aliphatic heterocycles. The van der Waals surface area contributed by atoms with Gasteiger partial charge in [0.05, 0.1) is 0 Å². The fraction of sp³-hybridized carbons (Fsp3) is 0.778. The van der Waals surface area contributed by atoms with Crippen molar-refractivity contribution in [3.8, 4) is 12.3 Å². The second-order valence-electron chi connectivity index (χ2n) is 3.51. The third-order valence-corrected chi connectivity index (χ3v) is 2.48. The SMILES string of the molecule is C#CC1(O)CC(C)CC1C. The number of hydrogen-bond donors (Lipinski definition) is 1. The Kier molecular flexibility index (Phi) is 1.74. The fourth-order valence-corrected chi connectivity index (χ4v) is 1.82. The summed E-state index contributed by atoms with van der Waals surface area (Å²) in [6, 6.07) is 0. The molecule has 1 N–H and O–H groups in total. The fourth-order valence-electron chi connectivity index (χ4n) is 1.82. The van der Waals surface area contributed by atoms with Crippen molar-refractivity contribution in [1.82, 2.24) is 0 Å². The van der Waals surface area contributed by atoms with Crippen LogP contribution < -0.4 is 0 Å². The van der Waals surface area contributed by atoms with Crippen molar-refractivity contribution < 1.29 is 5.11 Å². The van der Waals surface area contributed by atoms with Crippen LogP contribution in [0.15, 0.2) is 0 Å². The van der Waals surface area contributed by atoms with Gasteiger partial charge in [-0.1, -0.05) is 19.8 Å². The second-order valence-corrected chi connectivity index (χ2v) is 3.51. The normalized spacial score (nSPS) is 47.0. The average molecular weight is 138 g/mol. The van der Waals surface area contributed by atoms with E-state index < -0.39 is 5.60 Å². The molecule has 0 aromatic carbocycles. The molecule has 1 rings (SSSR count). The third kappa shape index (κ3) is 1.04. The molecule has 0 bridgehead atoms. The second kappa shape index (κ2) is 2.29. The van der Waals surface area contributed by atoms with Crippen LogP contribution >= 0.6 is 0 Å². The van der Waals surface area contributed by atoms with Crippen molar-refractivity contribution in [3.05, 3.63) is 0 Å². The molecule has 0 saturated heterocycles. The molecule has 1 saturated carbocycles. The molecule has 0 radical (unpaired) electrons. The zero-order chi connectivity index (χ0) is 7.78. The van der Waals surface area contributed by atoms with Gasteiger partial charge in [-0.2, -0.15) is 0 Å². The van der Waals surface area contributed by atoms with Crippen LogP contribution in [0.5, 0.6) is 0 Å². The Balaban J connectivity index is 2.73. The quantitative estimate of drug-likeness (QED) is 0.502. The van der Waals surface area contributed by atoms with Gasteiger partial charge in [0, 0.05) is 0 Å². The van der Waals surface area contributed by atoms with Crippen molar-refractivity contribution in [3.63, 3.8) is 0 Å². The number of rotatable bonds is 0. The van der Waals surface area contributed by atoms with Gasteiger partial charge >= 0.3 is 0 Å². The van der Waals surface area contributed by atoms with Crippen molar-refractivity contribution in [2.75, 3.05) is 0 Å². The first-order chi connectivity index (χ1) is 4.58. The molecular weight excluding hydrogens is 124 g/mol. The zero-order valence-electron chi connectivity index (χ0n) is 6.59. The molecule has 1 aliphatic carbocycles. The highest BCUT2D eigenvalue weighted by Crippen LogP contribution is 2.38. The molecule has 10 heavy (non-hydrogen) atoms. The lowest BCUT2D eigenvalue weighted by molar-refractivity contribution is 0.0671. The van der Waals surface area contributed by atoms with Gasteiger partial charge in [-0.05, 0) is 24.7 Å². The van der Waals surface area contributed by atoms with E-state index in [1.54, 1.807) is 0 Å². The lowest BCUT2D eigenvalue weighted by atomic mass is 9.94. The topological polar surface area (TPSA) is 20.2 Å². The number of aliphatic hydroxyl groups is 1. The van der Waals surface area contributed by atoms with E-state index in [-0.39, 0.29) is 5.92 Å². The maximum absolute atomic E-state index is 9.70. The Morgan fingerprint density at radius 1 is 1.60 bits per heavy atom. The predicted octanol–water partition coefficient (Wildman–Crippen LogP) is 1.42. The van der Waals surface area contributed by atoms with E-state index >= 15 is 0 Å². The van der Waals surface area contributed by atoms with Crippen LogP contribution in [0.2, 0.25) is 0 Å². The first-order valence-corrected chi connectivity index (χ1v) is 3.78. The largest absolute Gasteiger partial charge is 0.377 e. The molecule has 1 aliphatic rings. The maximum Gasteiger partial charge on any atom is 0.128 e. The van der Waals surface area contributed by atoms with Crippen LogP contribution in [0.25, 0.3) is 0 Å². The van der Waals surface area contributed by atoms with Crippen LogP contribution in [0.1, 0.15) is 26.7 Å². The van der Waals surface area contributed by atoms with E-state index in [2.05, 4.69) is 12.8 Å². The highest BCUT2D eigenvalue weighted by molar-refractivity contribution is 5.13. The molecule has 3 unspecified atom stereocenters. The van der Waals surface area contributed by atoms with E-state index in [0.717, 1.165) is 12.8 Å². The summed E-state index contributed by atoms with van der Waals surface area (Å²) in [5.41, 5.74) is -0.806. The van der Waals surface area contributed by atoms with Crippen molar-refractivity contribution in [2.45, 2.75) is 32.3 Å². The molecule has 56 valence electrons. The number of hydrogen-bond acceptors (Lipinski definition) is 1. The third-order valence-electron chi connectivity index (χ3n) is 2.48. The first kappa shape index (κ1) is 7.63. The summed E-state index contributed by atoms with van der Waals surface area (Å²) in [5, 5.41) is 9.70.